The van der Waals surface area contributed by atoms with Crippen molar-refractivity contribution < 1.29 is 0 Å². The number of fused-ring (bicyclic) bond motifs is 5. The van der Waals surface area contributed by atoms with E-state index in [1.165, 1.54) is 19.3 Å². The predicted molar refractivity (Wildman–Crippen MR) is 60.5 cm³/mol. The molecule has 3 fully saturated rings. The number of nitrogens with zero attached hydrogens (tertiary/aromatic N) is 2. The van der Waals surface area contributed by atoms with Crippen LogP contribution in [0.1, 0.15) is 25.1 Å². The highest BCUT2D eigenvalue weighted by molar-refractivity contribution is 5.16. The number of rotatable bonds is 3. The second kappa shape index (κ2) is 3.27. The molecule has 16 heavy (non-hydrogen) atoms. The molecule has 0 aliphatic heterocycles. The normalized spacial score (nSPS) is 43.4. The minimum Gasteiger partial charge on any atom is -0.306 e. The zero-order valence-corrected chi connectivity index (χ0v) is 9.34. The molecule has 84 valence electrons. The van der Waals surface area contributed by atoms with E-state index in [1.54, 1.807) is 0 Å². The van der Waals surface area contributed by atoms with Gasteiger partial charge in [0.25, 0.3) is 0 Å². The zero-order valence-electron chi connectivity index (χ0n) is 9.34. The van der Waals surface area contributed by atoms with Crippen molar-refractivity contribution in [3.63, 3.8) is 0 Å². The average molecular weight is 215 g/mol. The molecule has 1 N–H and O–H groups in total. The van der Waals surface area contributed by atoms with Gasteiger partial charge in [0.1, 0.15) is 5.82 Å². The molecule has 3 aliphatic rings. The summed E-state index contributed by atoms with van der Waals surface area (Å²) in [6, 6.07) is 2.66. The van der Waals surface area contributed by atoms with Crippen LogP contribution < -0.4 is 5.32 Å². The minimum absolute atomic E-state index is 0.787. The molecule has 0 aromatic carbocycles. The van der Waals surface area contributed by atoms with E-state index < -0.39 is 0 Å². The minimum atomic E-state index is 0.787. The van der Waals surface area contributed by atoms with Gasteiger partial charge >= 0.3 is 0 Å². The lowest BCUT2D eigenvalue weighted by atomic mass is 10.0. The molecule has 3 nitrogen and oxygen atoms in total. The summed E-state index contributed by atoms with van der Waals surface area (Å²) >= 11 is 0. The standard InChI is InChI=1S/C13H17N3/c1-4-14-10(15-5-1)7-16-13-11-8-2-3-9(6-8)12(11)13/h1,4-5,8-9,11-13,16H,2-3,6-7H2. The van der Waals surface area contributed by atoms with Crippen molar-refractivity contribution in [1.82, 2.24) is 15.3 Å². The van der Waals surface area contributed by atoms with E-state index in [0.29, 0.717) is 0 Å². The molecule has 1 aromatic heterocycles. The van der Waals surface area contributed by atoms with E-state index in [1.807, 2.05) is 18.5 Å². The molecule has 2 bridgehead atoms. The molecule has 4 atom stereocenters. The Kier molecular flexibility index (Phi) is 1.86. The third kappa shape index (κ3) is 1.24. The van der Waals surface area contributed by atoms with Crippen LogP contribution in [-0.2, 0) is 6.54 Å². The number of hydrogen-bond donors (Lipinski definition) is 1. The van der Waals surface area contributed by atoms with Crippen molar-refractivity contribution in [1.29, 1.82) is 0 Å². The molecule has 3 aliphatic carbocycles. The molecule has 4 rings (SSSR count). The third-order valence-electron chi connectivity index (χ3n) is 4.85. The molecule has 0 spiro atoms. The lowest BCUT2D eigenvalue weighted by Crippen LogP contribution is -2.23. The highest BCUT2D eigenvalue weighted by Crippen LogP contribution is 2.65. The fourth-order valence-corrected chi connectivity index (χ4v) is 4.23. The molecule has 4 unspecified atom stereocenters. The van der Waals surface area contributed by atoms with Crippen molar-refractivity contribution in [2.45, 2.75) is 31.8 Å². The molecule has 0 saturated heterocycles. The summed E-state index contributed by atoms with van der Waals surface area (Å²) < 4.78 is 0. The first-order valence-corrected chi connectivity index (χ1v) is 6.43. The summed E-state index contributed by atoms with van der Waals surface area (Å²) in [5.41, 5.74) is 0. The monoisotopic (exact) mass is 215 g/mol. The van der Waals surface area contributed by atoms with Crippen LogP contribution in [-0.4, -0.2) is 16.0 Å². The fourth-order valence-electron chi connectivity index (χ4n) is 4.23. The Balaban J connectivity index is 1.38. The van der Waals surface area contributed by atoms with Crippen LogP contribution in [0.4, 0.5) is 0 Å². The summed E-state index contributed by atoms with van der Waals surface area (Å²) in [6.45, 7) is 0.845. The summed E-state index contributed by atoms with van der Waals surface area (Å²) in [5.74, 6) is 5.03. The van der Waals surface area contributed by atoms with Gasteiger partial charge in [0.2, 0.25) is 0 Å². The first-order valence-electron chi connectivity index (χ1n) is 6.43. The van der Waals surface area contributed by atoms with E-state index in [2.05, 4.69) is 15.3 Å². The lowest BCUT2D eigenvalue weighted by Gasteiger charge is -2.09. The summed E-state index contributed by atoms with van der Waals surface area (Å²) in [5, 5.41) is 3.65. The molecule has 0 radical (unpaired) electrons. The summed E-state index contributed by atoms with van der Waals surface area (Å²) in [7, 11) is 0. The number of nitrogens with one attached hydrogen (secondary N) is 1. The topological polar surface area (TPSA) is 37.8 Å². The molecule has 1 heterocycles. The van der Waals surface area contributed by atoms with Gasteiger partial charge in [-0.25, -0.2) is 9.97 Å². The van der Waals surface area contributed by atoms with E-state index in [0.717, 1.165) is 42.1 Å². The van der Waals surface area contributed by atoms with Crippen molar-refractivity contribution in [3.05, 3.63) is 24.3 Å². The molecule has 3 saturated carbocycles. The second-order valence-electron chi connectivity index (χ2n) is 5.56. The van der Waals surface area contributed by atoms with Crippen LogP contribution in [0.15, 0.2) is 18.5 Å². The second-order valence-corrected chi connectivity index (χ2v) is 5.56. The first kappa shape index (κ1) is 9.11. The van der Waals surface area contributed by atoms with Gasteiger partial charge in [-0.3, -0.25) is 0 Å². The Morgan fingerprint density at radius 2 is 1.81 bits per heavy atom. The van der Waals surface area contributed by atoms with Crippen molar-refractivity contribution in [3.8, 4) is 0 Å². The predicted octanol–water partition coefficient (Wildman–Crippen LogP) is 1.61. The van der Waals surface area contributed by atoms with Gasteiger partial charge in [-0.1, -0.05) is 0 Å². The van der Waals surface area contributed by atoms with Crippen molar-refractivity contribution in [2.24, 2.45) is 23.7 Å². The van der Waals surface area contributed by atoms with Crippen molar-refractivity contribution >= 4 is 0 Å². The van der Waals surface area contributed by atoms with Gasteiger partial charge in [0.15, 0.2) is 0 Å². The van der Waals surface area contributed by atoms with E-state index in [-0.39, 0.29) is 0 Å². The van der Waals surface area contributed by atoms with Gasteiger partial charge < -0.3 is 5.32 Å². The van der Waals surface area contributed by atoms with Gasteiger partial charge in [0, 0.05) is 18.4 Å². The Labute approximate surface area is 95.7 Å². The van der Waals surface area contributed by atoms with Crippen LogP contribution in [0.25, 0.3) is 0 Å². The van der Waals surface area contributed by atoms with Gasteiger partial charge in [-0.15, -0.1) is 0 Å². The molecule has 0 amide bonds. The third-order valence-corrected chi connectivity index (χ3v) is 4.85. The van der Waals surface area contributed by atoms with Crippen LogP contribution in [0.5, 0.6) is 0 Å². The van der Waals surface area contributed by atoms with Crippen LogP contribution in [0, 0.1) is 23.7 Å². The summed E-state index contributed by atoms with van der Waals surface area (Å²) in [6.07, 6.45) is 8.15. The van der Waals surface area contributed by atoms with E-state index in [4.69, 9.17) is 0 Å². The molecule has 1 aromatic rings. The SMILES string of the molecule is c1cnc(CNC2C3C4CCC(C4)C23)nc1. The Hall–Kier alpha value is -0.960. The first-order chi connectivity index (χ1) is 7.93. The highest BCUT2D eigenvalue weighted by atomic mass is 15.0. The maximum Gasteiger partial charge on any atom is 0.141 e. The van der Waals surface area contributed by atoms with E-state index in [9.17, 15) is 0 Å². The fraction of sp³-hybridized carbons (Fsp3) is 0.692. The molecular formula is C13H17N3. The largest absolute Gasteiger partial charge is 0.306 e. The van der Waals surface area contributed by atoms with Gasteiger partial charge in [-0.05, 0) is 49.0 Å². The maximum atomic E-state index is 4.25. The Morgan fingerprint density at radius 1 is 1.12 bits per heavy atom. The highest BCUT2D eigenvalue weighted by Gasteiger charge is 2.64. The van der Waals surface area contributed by atoms with Crippen LogP contribution in [0.3, 0.4) is 0 Å². The maximum absolute atomic E-state index is 4.25. The molecular weight excluding hydrogens is 198 g/mol. The number of aromatic nitrogens is 2. The number of hydrogen-bond acceptors (Lipinski definition) is 3. The Bertz CT molecular complexity index is 375. The Morgan fingerprint density at radius 3 is 2.50 bits per heavy atom. The molecule has 3 heteroatoms. The lowest BCUT2D eigenvalue weighted by molar-refractivity contribution is 0.456. The van der Waals surface area contributed by atoms with Gasteiger partial charge in [0.05, 0.1) is 6.54 Å². The quantitative estimate of drug-likeness (QED) is 0.832. The van der Waals surface area contributed by atoms with Crippen LogP contribution in [0.2, 0.25) is 0 Å². The van der Waals surface area contributed by atoms with Crippen molar-refractivity contribution in [2.75, 3.05) is 0 Å². The van der Waals surface area contributed by atoms with Gasteiger partial charge in [-0.2, -0.15) is 0 Å². The smallest absolute Gasteiger partial charge is 0.141 e. The zero-order chi connectivity index (χ0) is 10.5. The summed E-state index contributed by atoms with van der Waals surface area (Å²) in [4.78, 5) is 8.50. The average Bonchev–Trinajstić information content (AvgIpc) is 2.72. The van der Waals surface area contributed by atoms with E-state index >= 15 is 0 Å². The van der Waals surface area contributed by atoms with Crippen LogP contribution >= 0.6 is 0 Å².